The van der Waals surface area contributed by atoms with E-state index in [9.17, 15) is 0 Å². The normalized spacial score (nSPS) is 11.5. The summed E-state index contributed by atoms with van der Waals surface area (Å²) in [7, 11) is 0. The Morgan fingerprint density at radius 1 is 0.375 bits per heavy atom. The van der Waals surface area contributed by atoms with E-state index < -0.39 is 0 Å². The summed E-state index contributed by atoms with van der Waals surface area (Å²) in [4.78, 5) is 15.1. The molecule has 0 aliphatic heterocycles. The van der Waals surface area contributed by atoms with Crippen molar-refractivity contribution in [1.29, 1.82) is 0 Å². The van der Waals surface area contributed by atoms with Crippen LogP contribution >= 0.6 is 0 Å². The highest BCUT2D eigenvalue weighted by Gasteiger charge is 2.15. The molecule has 8 rings (SSSR count). The van der Waals surface area contributed by atoms with Crippen LogP contribution in [-0.4, -0.2) is 15.0 Å². The van der Waals surface area contributed by atoms with Gasteiger partial charge in [-0.15, -0.1) is 0 Å². The Hall–Kier alpha value is -5.41. The maximum Gasteiger partial charge on any atom is 0.161 e. The largest absolute Gasteiger partial charge is 0.254 e. The first-order chi connectivity index (χ1) is 19.8. The van der Waals surface area contributed by atoms with Crippen molar-refractivity contribution in [3.8, 4) is 33.5 Å². The third kappa shape index (κ3) is 3.71. The molecule has 3 heterocycles. The second kappa shape index (κ2) is 9.11. The van der Waals surface area contributed by atoms with Crippen molar-refractivity contribution in [2.45, 2.75) is 0 Å². The zero-order valence-corrected chi connectivity index (χ0v) is 21.6. The quantitative estimate of drug-likeness (QED) is 0.176. The van der Waals surface area contributed by atoms with E-state index in [0.29, 0.717) is 0 Å². The molecule has 0 radical (unpaired) electrons. The lowest BCUT2D eigenvalue weighted by Gasteiger charge is -2.14. The highest BCUT2D eigenvalue weighted by atomic mass is 14.9. The van der Waals surface area contributed by atoms with Gasteiger partial charge in [-0.25, -0.2) is 9.97 Å². The van der Waals surface area contributed by atoms with Crippen molar-refractivity contribution in [2.24, 2.45) is 0 Å². The summed E-state index contributed by atoms with van der Waals surface area (Å²) in [6, 6.07) is 46.9. The molecule has 0 bridgehead atoms. The first-order valence-electron chi connectivity index (χ1n) is 13.5. The third-order valence-electron chi connectivity index (χ3n) is 7.65. The number of aromatic nitrogens is 3. The Balaban J connectivity index is 1.45. The van der Waals surface area contributed by atoms with E-state index in [4.69, 9.17) is 9.97 Å². The van der Waals surface area contributed by atoms with Gasteiger partial charge in [-0.3, -0.25) is 4.98 Å². The average molecular weight is 510 g/mol. The van der Waals surface area contributed by atoms with Crippen molar-refractivity contribution < 1.29 is 0 Å². The lowest BCUT2D eigenvalue weighted by molar-refractivity contribution is 1.33. The van der Waals surface area contributed by atoms with E-state index in [0.717, 1.165) is 66.0 Å². The second-order valence-electron chi connectivity index (χ2n) is 10.1. The summed E-state index contributed by atoms with van der Waals surface area (Å²) in [5, 5.41) is 5.44. The molecule has 3 nitrogen and oxygen atoms in total. The van der Waals surface area contributed by atoms with E-state index in [2.05, 4.69) is 132 Å². The van der Waals surface area contributed by atoms with Gasteiger partial charge in [-0.05, 0) is 58.0 Å². The zero-order valence-electron chi connectivity index (χ0n) is 21.6. The SMILES string of the molecule is c1ccc(-c2cc(-c3ccccc3)cc(-c3nc4nc5c(ccc6cccnc65)cc4c4ccccc34)c2)cc1. The Labute approximate surface area is 231 Å². The van der Waals surface area contributed by atoms with E-state index in [-0.39, 0.29) is 0 Å². The van der Waals surface area contributed by atoms with Crippen molar-refractivity contribution in [1.82, 2.24) is 15.0 Å². The van der Waals surface area contributed by atoms with E-state index >= 15 is 0 Å². The van der Waals surface area contributed by atoms with Gasteiger partial charge >= 0.3 is 0 Å². The molecule has 0 aliphatic rings. The predicted molar refractivity (Wildman–Crippen MR) is 166 cm³/mol. The topological polar surface area (TPSA) is 38.7 Å². The number of nitrogens with zero attached hydrogens (tertiary/aromatic N) is 3. The fraction of sp³-hybridized carbons (Fsp3) is 0. The molecule has 0 atom stereocenters. The molecule has 8 aromatic rings. The third-order valence-corrected chi connectivity index (χ3v) is 7.65. The van der Waals surface area contributed by atoms with Gasteiger partial charge in [0.1, 0.15) is 0 Å². The predicted octanol–water partition coefficient (Wildman–Crippen LogP) is 9.49. The van der Waals surface area contributed by atoms with Crippen LogP contribution in [0.15, 0.2) is 140 Å². The first-order valence-corrected chi connectivity index (χ1v) is 13.5. The summed E-state index contributed by atoms with van der Waals surface area (Å²) < 4.78 is 0. The van der Waals surface area contributed by atoms with Gasteiger partial charge in [0.2, 0.25) is 0 Å². The van der Waals surface area contributed by atoms with Gasteiger partial charge in [-0.2, -0.15) is 0 Å². The Kier molecular flexibility index (Phi) is 5.14. The van der Waals surface area contributed by atoms with Crippen LogP contribution in [-0.2, 0) is 0 Å². The van der Waals surface area contributed by atoms with Crippen molar-refractivity contribution in [3.05, 3.63) is 140 Å². The number of hydrogen-bond donors (Lipinski definition) is 0. The minimum Gasteiger partial charge on any atom is -0.254 e. The second-order valence-corrected chi connectivity index (χ2v) is 10.1. The van der Waals surface area contributed by atoms with Crippen LogP contribution in [0.25, 0.3) is 77.1 Å². The van der Waals surface area contributed by atoms with Crippen LogP contribution in [0.1, 0.15) is 0 Å². The van der Waals surface area contributed by atoms with Crippen LogP contribution in [0.5, 0.6) is 0 Å². The molecule has 0 spiro atoms. The molecular weight excluding hydrogens is 486 g/mol. The highest BCUT2D eigenvalue weighted by molar-refractivity contribution is 6.15. The van der Waals surface area contributed by atoms with Gasteiger partial charge in [0, 0.05) is 33.3 Å². The molecule has 0 amide bonds. The van der Waals surface area contributed by atoms with E-state index in [1.807, 2.05) is 12.3 Å². The number of rotatable bonds is 3. The Morgan fingerprint density at radius 2 is 1.00 bits per heavy atom. The molecule has 186 valence electrons. The maximum absolute atomic E-state index is 5.26. The van der Waals surface area contributed by atoms with Gasteiger partial charge in [0.15, 0.2) is 5.65 Å². The van der Waals surface area contributed by atoms with Crippen LogP contribution in [0.3, 0.4) is 0 Å². The standard InChI is InChI=1S/C37H23N3/c1-3-10-24(11-4-1)28-20-29(25-12-5-2-6-13-25)22-30(21-28)34-32-16-8-7-15-31(32)33-23-27-18-17-26-14-9-19-38-35(26)36(27)40-37(33)39-34/h1-23H. The smallest absolute Gasteiger partial charge is 0.161 e. The van der Waals surface area contributed by atoms with Gasteiger partial charge in [0.05, 0.1) is 16.7 Å². The van der Waals surface area contributed by atoms with E-state index in [1.165, 1.54) is 11.1 Å². The maximum atomic E-state index is 5.26. The van der Waals surface area contributed by atoms with Gasteiger partial charge in [-0.1, -0.05) is 103 Å². The van der Waals surface area contributed by atoms with Crippen LogP contribution < -0.4 is 0 Å². The minimum absolute atomic E-state index is 0.728. The monoisotopic (exact) mass is 509 g/mol. The lowest BCUT2D eigenvalue weighted by atomic mass is 9.93. The van der Waals surface area contributed by atoms with E-state index in [1.54, 1.807) is 0 Å². The summed E-state index contributed by atoms with van der Waals surface area (Å²) in [5.41, 5.74) is 9.16. The summed E-state index contributed by atoms with van der Waals surface area (Å²) in [6.45, 7) is 0. The molecule has 3 heteroatoms. The number of benzene rings is 5. The molecule has 5 aromatic carbocycles. The van der Waals surface area contributed by atoms with Crippen molar-refractivity contribution in [2.75, 3.05) is 0 Å². The number of hydrogen-bond acceptors (Lipinski definition) is 3. The number of pyridine rings is 3. The van der Waals surface area contributed by atoms with Crippen LogP contribution in [0.2, 0.25) is 0 Å². The molecule has 0 saturated heterocycles. The van der Waals surface area contributed by atoms with Crippen LogP contribution in [0, 0.1) is 0 Å². The molecule has 0 fully saturated rings. The number of fused-ring (bicyclic) bond motifs is 6. The Morgan fingerprint density at radius 3 is 1.73 bits per heavy atom. The van der Waals surface area contributed by atoms with Crippen molar-refractivity contribution in [3.63, 3.8) is 0 Å². The fourth-order valence-corrected chi connectivity index (χ4v) is 5.72. The van der Waals surface area contributed by atoms with Crippen molar-refractivity contribution >= 4 is 43.6 Å². The summed E-state index contributed by atoms with van der Waals surface area (Å²) in [5.74, 6) is 0. The molecule has 0 unspecified atom stereocenters. The van der Waals surface area contributed by atoms with Crippen LogP contribution in [0.4, 0.5) is 0 Å². The fourth-order valence-electron chi connectivity index (χ4n) is 5.72. The molecule has 40 heavy (non-hydrogen) atoms. The summed E-state index contributed by atoms with van der Waals surface area (Å²) in [6.07, 6.45) is 1.83. The van der Waals surface area contributed by atoms with Gasteiger partial charge < -0.3 is 0 Å². The zero-order chi connectivity index (χ0) is 26.5. The summed E-state index contributed by atoms with van der Waals surface area (Å²) >= 11 is 0. The minimum atomic E-state index is 0.728. The Bertz CT molecular complexity index is 2150. The lowest BCUT2D eigenvalue weighted by Crippen LogP contribution is -1.95. The van der Waals surface area contributed by atoms with Gasteiger partial charge in [0.25, 0.3) is 0 Å². The molecule has 0 N–H and O–H groups in total. The average Bonchev–Trinajstić information content (AvgIpc) is 3.04. The molecule has 0 aliphatic carbocycles. The molecular formula is C37H23N3. The molecule has 3 aromatic heterocycles. The first kappa shape index (κ1) is 22.6. The highest BCUT2D eigenvalue weighted by Crippen LogP contribution is 2.38. The molecule has 0 saturated carbocycles.